The van der Waals surface area contributed by atoms with E-state index in [1.165, 1.54) is 28.4 Å². The quantitative estimate of drug-likeness (QED) is 0.131. The molecule has 2 aliphatic rings. The summed E-state index contributed by atoms with van der Waals surface area (Å²) in [6, 6.07) is 16.7. The highest BCUT2D eigenvalue weighted by Gasteiger charge is 2.38. The summed E-state index contributed by atoms with van der Waals surface area (Å²) in [4.78, 5) is 66.0. The van der Waals surface area contributed by atoms with Crippen LogP contribution < -0.4 is 5.32 Å². The van der Waals surface area contributed by atoms with Crippen molar-refractivity contribution in [1.29, 1.82) is 0 Å². The largest absolute Gasteiger partial charge is 0.296 e. The molecule has 5 aromatic rings. The van der Waals surface area contributed by atoms with Gasteiger partial charge in [-0.3, -0.25) is 29.4 Å². The van der Waals surface area contributed by atoms with Gasteiger partial charge < -0.3 is 0 Å². The van der Waals surface area contributed by atoms with E-state index in [4.69, 9.17) is 0 Å². The molecule has 47 heavy (non-hydrogen) atoms. The SMILES string of the molecule is O=C1CC(CSc2nccc(-n3cccn3)n2)C(=O)N1.O=C1CC(CSc2nccc(-n3cccn3)n2)C(=O)N1Cc1ccccc1. The van der Waals surface area contributed by atoms with Crippen molar-refractivity contribution >= 4 is 47.2 Å². The van der Waals surface area contributed by atoms with Crippen molar-refractivity contribution in [2.45, 2.75) is 29.7 Å². The van der Waals surface area contributed by atoms with Gasteiger partial charge in [0.05, 0.1) is 18.4 Å². The Bertz CT molecular complexity index is 1860. The van der Waals surface area contributed by atoms with E-state index in [-0.39, 0.29) is 48.3 Å². The van der Waals surface area contributed by atoms with Gasteiger partial charge in [0.25, 0.3) is 0 Å². The zero-order valence-electron chi connectivity index (χ0n) is 24.8. The Morgan fingerprint density at radius 1 is 0.702 bits per heavy atom. The molecule has 1 aromatic carbocycles. The molecule has 1 N–H and O–H groups in total. The van der Waals surface area contributed by atoms with Crippen LogP contribution in [0.3, 0.4) is 0 Å². The predicted molar refractivity (Wildman–Crippen MR) is 171 cm³/mol. The second kappa shape index (κ2) is 14.9. The summed E-state index contributed by atoms with van der Waals surface area (Å²) in [5, 5.41) is 11.7. The summed E-state index contributed by atoms with van der Waals surface area (Å²) < 4.78 is 3.29. The summed E-state index contributed by atoms with van der Waals surface area (Å²) in [7, 11) is 0. The molecule has 0 aliphatic carbocycles. The molecular weight excluding hydrogens is 641 g/mol. The van der Waals surface area contributed by atoms with Crippen LogP contribution in [-0.4, -0.2) is 79.5 Å². The summed E-state index contributed by atoms with van der Waals surface area (Å²) >= 11 is 2.74. The number of carbonyl (C=O) groups excluding carboxylic acids is 4. The number of amides is 4. The van der Waals surface area contributed by atoms with Gasteiger partial charge in [-0.1, -0.05) is 53.9 Å². The van der Waals surface area contributed by atoms with Gasteiger partial charge in [0.1, 0.15) is 0 Å². The average Bonchev–Trinajstić information content (AvgIpc) is 3.91. The van der Waals surface area contributed by atoms with E-state index in [9.17, 15) is 19.2 Å². The number of carbonyl (C=O) groups is 4. The number of nitrogens with zero attached hydrogens (tertiary/aromatic N) is 9. The van der Waals surface area contributed by atoms with E-state index < -0.39 is 0 Å². The smallest absolute Gasteiger partial charge is 0.233 e. The van der Waals surface area contributed by atoms with Crippen LogP contribution in [-0.2, 0) is 25.7 Å². The molecule has 14 nitrogen and oxygen atoms in total. The van der Waals surface area contributed by atoms with Crippen molar-refractivity contribution in [3.8, 4) is 11.6 Å². The van der Waals surface area contributed by atoms with Crippen LogP contribution in [0.4, 0.5) is 0 Å². The lowest BCUT2D eigenvalue weighted by molar-refractivity contribution is -0.140. The van der Waals surface area contributed by atoms with Crippen LogP contribution in [0.5, 0.6) is 0 Å². The van der Waals surface area contributed by atoms with Gasteiger partial charge in [0.15, 0.2) is 21.9 Å². The number of hydrogen-bond acceptors (Lipinski definition) is 12. The number of nitrogens with one attached hydrogen (secondary N) is 1. The maximum atomic E-state index is 12.6. The zero-order chi connectivity index (χ0) is 32.6. The summed E-state index contributed by atoms with van der Waals surface area (Å²) in [6.45, 7) is 0.324. The molecule has 2 unspecified atom stereocenters. The standard InChI is InChI=1S/C19H17N5O2S.C12H11N5O2S/c25-17-11-15(18(26)23(17)12-14-5-2-1-3-6-14)13-27-19-20-9-7-16(22-19)24-10-4-8-21-24;18-10-6-8(11(19)16-10)7-20-12-13-4-2-9(15-12)17-5-1-3-14-17/h1-10,15H,11-13H2;1-5,8H,6-7H2,(H,16,18,19). The Morgan fingerprint density at radius 3 is 1.83 bits per heavy atom. The molecule has 0 spiro atoms. The normalized spacial score (nSPS) is 17.5. The van der Waals surface area contributed by atoms with E-state index >= 15 is 0 Å². The maximum Gasteiger partial charge on any atom is 0.233 e. The van der Waals surface area contributed by atoms with Gasteiger partial charge >= 0.3 is 0 Å². The van der Waals surface area contributed by atoms with Crippen molar-refractivity contribution in [3.63, 3.8) is 0 Å². The van der Waals surface area contributed by atoms with Crippen LogP contribution >= 0.6 is 23.5 Å². The first kappa shape index (κ1) is 31.7. The minimum absolute atomic E-state index is 0.124. The van der Waals surface area contributed by atoms with Crippen molar-refractivity contribution < 1.29 is 19.2 Å². The highest BCUT2D eigenvalue weighted by atomic mass is 32.2. The molecule has 0 radical (unpaired) electrons. The molecule has 0 saturated carbocycles. The Kier molecular flexibility index (Phi) is 10.1. The summed E-state index contributed by atoms with van der Waals surface area (Å²) in [6.07, 6.45) is 10.7. The van der Waals surface area contributed by atoms with E-state index in [0.717, 1.165) is 5.56 Å². The fourth-order valence-corrected chi connectivity index (χ4v) is 6.59. The number of benzene rings is 1. The minimum Gasteiger partial charge on any atom is -0.296 e. The Labute approximate surface area is 277 Å². The van der Waals surface area contributed by atoms with Gasteiger partial charge in [0, 0.05) is 73.7 Å². The molecule has 16 heteroatoms. The molecule has 2 aliphatic heterocycles. The third kappa shape index (κ3) is 8.14. The van der Waals surface area contributed by atoms with Gasteiger partial charge in [-0.15, -0.1) is 0 Å². The van der Waals surface area contributed by atoms with Gasteiger partial charge in [-0.05, 0) is 17.7 Å². The number of aromatic nitrogens is 8. The molecule has 2 saturated heterocycles. The fraction of sp³-hybridized carbons (Fsp3) is 0.226. The molecule has 4 aromatic heterocycles. The van der Waals surface area contributed by atoms with Crippen molar-refractivity contribution in [3.05, 3.63) is 97.3 Å². The Morgan fingerprint density at radius 2 is 1.30 bits per heavy atom. The van der Waals surface area contributed by atoms with Crippen LogP contribution in [0.25, 0.3) is 11.6 Å². The first-order chi connectivity index (χ1) is 22.9. The average molecular weight is 669 g/mol. The van der Waals surface area contributed by atoms with E-state index in [0.29, 0.717) is 40.0 Å². The lowest BCUT2D eigenvalue weighted by Gasteiger charge is -2.14. The number of thioether (sulfide) groups is 2. The lowest BCUT2D eigenvalue weighted by atomic mass is 10.1. The predicted octanol–water partition coefficient (Wildman–Crippen LogP) is 2.75. The van der Waals surface area contributed by atoms with Crippen LogP contribution in [0.15, 0.2) is 102 Å². The van der Waals surface area contributed by atoms with Gasteiger partial charge in [0.2, 0.25) is 23.6 Å². The monoisotopic (exact) mass is 668 g/mol. The van der Waals surface area contributed by atoms with Crippen molar-refractivity contribution in [1.82, 2.24) is 49.7 Å². The maximum absolute atomic E-state index is 12.6. The second-order valence-electron chi connectivity index (χ2n) is 10.4. The first-order valence-electron chi connectivity index (χ1n) is 14.6. The minimum atomic E-state index is -0.344. The third-order valence-corrected chi connectivity index (χ3v) is 9.18. The highest BCUT2D eigenvalue weighted by Crippen LogP contribution is 2.27. The molecule has 2 fully saturated rings. The van der Waals surface area contributed by atoms with Crippen LogP contribution in [0.1, 0.15) is 18.4 Å². The van der Waals surface area contributed by atoms with Gasteiger partial charge in [-0.2, -0.15) is 10.2 Å². The van der Waals surface area contributed by atoms with Gasteiger partial charge in [-0.25, -0.2) is 29.3 Å². The molecule has 6 heterocycles. The molecule has 238 valence electrons. The number of rotatable bonds is 10. The van der Waals surface area contributed by atoms with E-state index in [1.54, 1.807) is 58.7 Å². The zero-order valence-corrected chi connectivity index (χ0v) is 26.5. The number of imide groups is 2. The summed E-state index contributed by atoms with van der Waals surface area (Å²) in [5.74, 6) is 0.959. The van der Waals surface area contributed by atoms with Crippen LogP contribution in [0, 0.1) is 11.8 Å². The number of hydrogen-bond donors (Lipinski definition) is 1. The molecule has 7 rings (SSSR count). The highest BCUT2D eigenvalue weighted by molar-refractivity contribution is 7.99. The molecular formula is C31H28N10O4S2. The molecule has 0 bridgehead atoms. The second-order valence-corrected chi connectivity index (χ2v) is 12.4. The van der Waals surface area contributed by atoms with Crippen molar-refractivity contribution in [2.75, 3.05) is 11.5 Å². The molecule has 4 amide bonds. The molecule has 2 atom stereocenters. The van der Waals surface area contributed by atoms with E-state index in [1.807, 2.05) is 42.5 Å². The topological polar surface area (TPSA) is 171 Å². The number of likely N-dealkylation sites (tertiary alicyclic amines) is 1. The third-order valence-electron chi connectivity index (χ3n) is 7.13. The van der Waals surface area contributed by atoms with Crippen LogP contribution in [0.2, 0.25) is 0 Å². The first-order valence-corrected chi connectivity index (χ1v) is 16.5. The Hall–Kier alpha value is -5.22. The van der Waals surface area contributed by atoms with Crippen molar-refractivity contribution in [2.24, 2.45) is 11.8 Å². The Balaban J connectivity index is 0.000000172. The summed E-state index contributed by atoms with van der Waals surface area (Å²) in [5.41, 5.74) is 0.947. The lowest BCUT2D eigenvalue weighted by Crippen LogP contribution is -2.30. The van der Waals surface area contributed by atoms with E-state index in [2.05, 4.69) is 35.5 Å². The fourth-order valence-electron chi connectivity index (χ4n) is 4.77.